The molecule has 9 nitrogen and oxygen atoms in total. The minimum atomic E-state index is -0.299. The van der Waals surface area contributed by atoms with Crippen molar-refractivity contribution in [2.24, 2.45) is 5.92 Å². The van der Waals surface area contributed by atoms with Crippen molar-refractivity contribution in [1.29, 1.82) is 0 Å². The van der Waals surface area contributed by atoms with E-state index in [2.05, 4.69) is 29.2 Å². The zero-order valence-corrected chi connectivity index (χ0v) is 19.9. The summed E-state index contributed by atoms with van der Waals surface area (Å²) in [7, 11) is 1.79. The van der Waals surface area contributed by atoms with Gasteiger partial charge in [0.1, 0.15) is 24.3 Å². The maximum Gasteiger partial charge on any atom is 0.325 e. The molecule has 0 bridgehead atoms. The highest BCUT2D eigenvalue weighted by molar-refractivity contribution is 5.95. The highest BCUT2D eigenvalue weighted by Crippen LogP contribution is 2.35. The predicted octanol–water partition coefficient (Wildman–Crippen LogP) is 4.42. The van der Waals surface area contributed by atoms with E-state index in [-0.39, 0.29) is 17.8 Å². The number of amides is 2. The molecule has 0 radical (unpaired) electrons. The molecule has 0 aliphatic carbocycles. The van der Waals surface area contributed by atoms with E-state index in [4.69, 9.17) is 5.10 Å². The van der Waals surface area contributed by atoms with E-state index in [9.17, 15) is 9.18 Å². The van der Waals surface area contributed by atoms with Gasteiger partial charge in [-0.3, -0.25) is 4.90 Å². The lowest BCUT2D eigenvalue weighted by atomic mass is 10.1. The van der Waals surface area contributed by atoms with Crippen LogP contribution in [0.5, 0.6) is 0 Å². The summed E-state index contributed by atoms with van der Waals surface area (Å²) in [6, 6.07) is 14.1. The van der Waals surface area contributed by atoms with Gasteiger partial charge in [-0.2, -0.15) is 10.2 Å². The van der Waals surface area contributed by atoms with Crippen molar-refractivity contribution < 1.29 is 9.18 Å². The van der Waals surface area contributed by atoms with Crippen LogP contribution in [0.15, 0.2) is 61.2 Å². The van der Waals surface area contributed by atoms with Crippen molar-refractivity contribution in [1.82, 2.24) is 29.4 Å². The maximum atomic E-state index is 13.5. The Bertz CT molecular complexity index is 1310. The third-order valence-electron chi connectivity index (χ3n) is 5.84. The van der Waals surface area contributed by atoms with Crippen LogP contribution >= 0.6 is 0 Å². The predicted molar refractivity (Wildman–Crippen MR) is 131 cm³/mol. The molecule has 0 unspecified atom stereocenters. The highest BCUT2D eigenvalue weighted by Gasteiger charge is 2.34. The molecule has 0 saturated carbocycles. The third-order valence-corrected chi connectivity index (χ3v) is 5.84. The first-order chi connectivity index (χ1) is 16.9. The minimum absolute atomic E-state index is 0.0682. The molecule has 4 aromatic rings. The molecule has 0 spiro atoms. The van der Waals surface area contributed by atoms with E-state index >= 15 is 0 Å². The average molecular weight is 475 g/mol. The Morgan fingerprint density at radius 1 is 1.09 bits per heavy atom. The van der Waals surface area contributed by atoms with Gasteiger partial charge in [0.15, 0.2) is 5.82 Å². The van der Waals surface area contributed by atoms with Crippen molar-refractivity contribution in [3.05, 3.63) is 78.1 Å². The summed E-state index contributed by atoms with van der Waals surface area (Å²) in [6.45, 7) is 5.63. The standard InChI is InChI=1S/C25H27FN8O/c1-17(2)12-32-24-22(14-31(3)25(32)35)23(29-20-8-6-19(26)7-9-20)33(30-24)13-18-4-10-21(11-5-18)34-16-27-15-28-34/h4-11,15-17,29H,12-14H2,1-3H3. The Labute approximate surface area is 202 Å². The van der Waals surface area contributed by atoms with E-state index in [1.807, 2.05) is 28.9 Å². The van der Waals surface area contributed by atoms with Crippen LogP contribution in [0.25, 0.3) is 5.69 Å². The Hall–Kier alpha value is -4.21. The molecule has 1 N–H and O–H groups in total. The monoisotopic (exact) mass is 474 g/mol. The van der Waals surface area contributed by atoms with Gasteiger partial charge >= 0.3 is 6.03 Å². The summed E-state index contributed by atoms with van der Waals surface area (Å²) in [5.74, 6) is 1.42. The molecule has 5 rings (SSSR count). The molecule has 2 aromatic carbocycles. The molecule has 1 aliphatic rings. The molecular weight excluding hydrogens is 447 g/mol. The zero-order valence-electron chi connectivity index (χ0n) is 19.9. The second kappa shape index (κ2) is 9.21. The first-order valence-electron chi connectivity index (χ1n) is 11.5. The van der Waals surface area contributed by atoms with E-state index in [0.717, 1.165) is 28.3 Å². The molecule has 0 atom stereocenters. The van der Waals surface area contributed by atoms with Crippen LogP contribution in [-0.4, -0.2) is 49.1 Å². The van der Waals surface area contributed by atoms with E-state index in [0.29, 0.717) is 25.5 Å². The molecular formula is C25H27FN8O. The van der Waals surface area contributed by atoms with Crippen LogP contribution in [0.2, 0.25) is 0 Å². The number of nitrogens with one attached hydrogen (secondary N) is 1. The van der Waals surface area contributed by atoms with E-state index in [1.54, 1.807) is 40.0 Å². The van der Waals surface area contributed by atoms with Gasteiger partial charge in [-0.05, 0) is 47.9 Å². The van der Waals surface area contributed by atoms with Crippen molar-refractivity contribution in [2.75, 3.05) is 23.8 Å². The summed E-state index contributed by atoms with van der Waals surface area (Å²) < 4.78 is 17.1. The summed E-state index contributed by atoms with van der Waals surface area (Å²) >= 11 is 0. The molecule has 10 heteroatoms. The second-order valence-electron chi connectivity index (χ2n) is 9.09. The normalized spacial score (nSPS) is 13.5. The molecule has 180 valence electrons. The fourth-order valence-corrected chi connectivity index (χ4v) is 4.17. The summed E-state index contributed by atoms with van der Waals surface area (Å²) in [4.78, 5) is 20.4. The molecule has 2 amide bonds. The number of rotatable bonds is 7. The minimum Gasteiger partial charge on any atom is -0.340 e. The Morgan fingerprint density at radius 3 is 2.49 bits per heavy atom. The van der Waals surface area contributed by atoms with Crippen molar-refractivity contribution >= 4 is 23.4 Å². The van der Waals surface area contributed by atoms with E-state index in [1.165, 1.54) is 18.5 Å². The van der Waals surface area contributed by atoms with Gasteiger partial charge in [-0.1, -0.05) is 26.0 Å². The molecule has 0 saturated heterocycles. The van der Waals surface area contributed by atoms with Crippen LogP contribution in [0.3, 0.4) is 0 Å². The van der Waals surface area contributed by atoms with Crippen molar-refractivity contribution in [3.8, 4) is 5.69 Å². The number of nitrogens with zero attached hydrogens (tertiary/aromatic N) is 7. The number of fused-ring (bicyclic) bond motifs is 1. The molecule has 1 aliphatic heterocycles. The van der Waals surface area contributed by atoms with Gasteiger partial charge < -0.3 is 10.2 Å². The first-order valence-corrected chi connectivity index (χ1v) is 11.5. The van der Waals surface area contributed by atoms with Gasteiger partial charge in [0.2, 0.25) is 0 Å². The lowest BCUT2D eigenvalue weighted by molar-refractivity contribution is 0.209. The number of carbonyl (C=O) groups excluding carboxylic acids is 1. The smallest absolute Gasteiger partial charge is 0.325 e. The largest absolute Gasteiger partial charge is 0.340 e. The number of benzene rings is 2. The summed E-state index contributed by atoms with van der Waals surface area (Å²) in [6.07, 6.45) is 3.15. The van der Waals surface area contributed by atoms with Gasteiger partial charge in [-0.15, -0.1) is 0 Å². The Kier molecular flexibility index (Phi) is 5.94. The summed E-state index contributed by atoms with van der Waals surface area (Å²) in [5.41, 5.74) is 3.61. The second-order valence-corrected chi connectivity index (χ2v) is 9.09. The van der Waals surface area contributed by atoms with Crippen LogP contribution in [0, 0.1) is 11.7 Å². The molecule has 0 fully saturated rings. The number of halogens is 1. The lowest BCUT2D eigenvalue weighted by Gasteiger charge is -2.33. The zero-order chi connectivity index (χ0) is 24.5. The average Bonchev–Trinajstić information content (AvgIpc) is 3.48. The van der Waals surface area contributed by atoms with Crippen LogP contribution in [0.4, 0.5) is 26.5 Å². The number of urea groups is 1. The van der Waals surface area contributed by atoms with Crippen LogP contribution in [-0.2, 0) is 13.1 Å². The molecule has 2 aromatic heterocycles. The lowest BCUT2D eigenvalue weighted by Crippen LogP contribution is -2.46. The number of aromatic nitrogens is 5. The van der Waals surface area contributed by atoms with E-state index < -0.39 is 0 Å². The van der Waals surface area contributed by atoms with Gasteiger partial charge in [0.05, 0.1) is 24.3 Å². The van der Waals surface area contributed by atoms with Gasteiger partial charge in [0.25, 0.3) is 0 Å². The highest BCUT2D eigenvalue weighted by atomic mass is 19.1. The van der Waals surface area contributed by atoms with Crippen LogP contribution < -0.4 is 10.2 Å². The first kappa shape index (κ1) is 22.6. The van der Waals surface area contributed by atoms with Gasteiger partial charge in [0, 0.05) is 19.3 Å². The fourth-order valence-electron chi connectivity index (χ4n) is 4.17. The number of carbonyl (C=O) groups is 1. The summed E-state index contributed by atoms with van der Waals surface area (Å²) in [5, 5.41) is 12.5. The number of hydrogen-bond acceptors (Lipinski definition) is 5. The number of anilines is 3. The fraction of sp³-hybridized carbons (Fsp3) is 0.280. The van der Waals surface area contributed by atoms with Crippen LogP contribution in [0.1, 0.15) is 25.0 Å². The molecule has 3 heterocycles. The number of hydrogen-bond donors (Lipinski definition) is 1. The van der Waals surface area contributed by atoms with Gasteiger partial charge in [-0.25, -0.2) is 23.5 Å². The van der Waals surface area contributed by atoms with Crippen molar-refractivity contribution in [3.63, 3.8) is 0 Å². The SMILES string of the molecule is CC(C)CN1C(=O)N(C)Cc2c1nn(Cc1ccc(-n3cncn3)cc1)c2Nc1ccc(F)cc1. The topological polar surface area (TPSA) is 84.1 Å². The Balaban J connectivity index is 1.53. The maximum absolute atomic E-state index is 13.5. The molecule has 35 heavy (non-hydrogen) atoms. The quantitative estimate of drug-likeness (QED) is 0.429. The van der Waals surface area contributed by atoms with Crippen molar-refractivity contribution in [2.45, 2.75) is 26.9 Å². The Morgan fingerprint density at radius 2 is 1.83 bits per heavy atom. The third kappa shape index (κ3) is 4.59.